The first-order chi connectivity index (χ1) is 6.36. The van der Waals surface area contributed by atoms with Gasteiger partial charge in [0.1, 0.15) is 0 Å². The van der Waals surface area contributed by atoms with Gasteiger partial charge in [-0.2, -0.15) is 0 Å². The molecule has 0 rings (SSSR count). The zero-order valence-corrected chi connectivity index (χ0v) is 11.2. The third kappa shape index (κ3) is 13.6. The second kappa shape index (κ2) is 11.7. The molecule has 5 nitrogen and oxygen atoms in total. The van der Waals surface area contributed by atoms with Crippen LogP contribution >= 0.6 is 0 Å². The SMILES string of the molecule is C=C(C)C(=O)O.C=C(CO)C(=O)OC.[Ca+2].[H-].[H-]. The molecule has 0 bridgehead atoms. The number of carboxylic acids is 1. The molecule has 6 heteroatoms. The van der Waals surface area contributed by atoms with Gasteiger partial charge in [0.2, 0.25) is 0 Å². The topological polar surface area (TPSA) is 83.8 Å². The van der Waals surface area contributed by atoms with Gasteiger partial charge in [-0.1, -0.05) is 13.2 Å². The first kappa shape index (κ1) is 20.1. The average molecular weight is 244 g/mol. The van der Waals surface area contributed by atoms with E-state index >= 15 is 0 Å². The summed E-state index contributed by atoms with van der Waals surface area (Å²) in [6.07, 6.45) is 0. The number of carbonyl (C=O) groups is 2. The van der Waals surface area contributed by atoms with E-state index in [-0.39, 0.29) is 58.3 Å². The fourth-order valence-corrected chi connectivity index (χ4v) is 0.209. The van der Waals surface area contributed by atoms with E-state index in [1.807, 2.05) is 0 Å². The molecule has 0 aromatic heterocycles. The van der Waals surface area contributed by atoms with Crippen LogP contribution in [0.3, 0.4) is 0 Å². The molecule has 0 heterocycles. The van der Waals surface area contributed by atoms with Crippen LogP contribution in [-0.4, -0.2) is 73.6 Å². The number of carboxylic acid groups (broad SMARTS) is 1. The van der Waals surface area contributed by atoms with Crippen molar-refractivity contribution < 1.29 is 27.4 Å². The van der Waals surface area contributed by atoms with Crippen molar-refractivity contribution in [2.75, 3.05) is 13.7 Å². The molecule has 0 amide bonds. The van der Waals surface area contributed by atoms with Crippen molar-refractivity contribution in [3.63, 3.8) is 0 Å². The van der Waals surface area contributed by atoms with Crippen LogP contribution in [0.15, 0.2) is 24.3 Å². The summed E-state index contributed by atoms with van der Waals surface area (Å²) in [5.41, 5.74) is 0.252. The Balaban J connectivity index is -0.0000000493. The average Bonchev–Trinajstić information content (AvgIpc) is 2.16. The molecule has 0 aromatic rings. The normalized spacial score (nSPS) is 7.40. The second-order valence-corrected chi connectivity index (χ2v) is 2.34. The summed E-state index contributed by atoms with van der Waals surface area (Å²) in [5.74, 6) is -1.50. The molecule has 84 valence electrons. The van der Waals surface area contributed by atoms with Gasteiger partial charge >= 0.3 is 49.7 Å². The number of methoxy groups -OCH3 is 1. The number of aliphatic hydroxyl groups is 1. The van der Waals surface area contributed by atoms with Crippen molar-refractivity contribution in [2.24, 2.45) is 0 Å². The predicted molar refractivity (Wildman–Crippen MR) is 58.7 cm³/mol. The fraction of sp³-hybridized carbons (Fsp3) is 0.333. The van der Waals surface area contributed by atoms with E-state index in [4.69, 9.17) is 10.2 Å². The number of hydrogen-bond donors (Lipinski definition) is 2. The quantitative estimate of drug-likeness (QED) is 0.421. The maximum absolute atomic E-state index is 10.3. The molecule has 0 spiro atoms. The van der Waals surface area contributed by atoms with Crippen LogP contribution in [-0.2, 0) is 14.3 Å². The maximum Gasteiger partial charge on any atom is 2.00 e. The number of ether oxygens (including phenoxy) is 1. The summed E-state index contributed by atoms with van der Waals surface area (Å²) in [6, 6.07) is 0. The minimum Gasteiger partial charge on any atom is -1.00 e. The molecule has 15 heavy (non-hydrogen) atoms. The number of esters is 1. The molecule has 0 saturated heterocycles. The molecular formula is C9H16CaO5. The summed E-state index contributed by atoms with van der Waals surface area (Å²) in [4.78, 5) is 19.9. The minimum absolute atomic E-state index is 0. The zero-order chi connectivity index (χ0) is 11.7. The summed E-state index contributed by atoms with van der Waals surface area (Å²) < 4.78 is 4.20. The van der Waals surface area contributed by atoms with Gasteiger partial charge < -0.3 is 17.8 Å². The number of aliphatic hydroxyl groups excluding tert-OH is 1. The summed E-state index contributed by atoms with van der Waals surface area (Å²) in [7, 11) is 1.24. The molecule has 0 fully saturated rings. The van der Waals surface area contributed by atoms with Crippen molar-refractivity contribution in [3.8, 4) is 0 Å². The number of aliphatic carboxylic acids is 1. The summed E-state index contributed by atoms with van der Waals surface area (Å²) in [5, 5.41) is 16.1. The van der Waals surface area contributed by atoms with Gasteiger partial charge in [0.25, 0.3) is 0 Å². The van der Waals surface area contributed by atoms with E-state index in [1.165, 1.54) is 14.0 Å². The molecule has 0 radical (unpaired) electrons. The van der Waals surface area contributed by atoms with Crippen molar-refractivity contribution in [3.05, 3.63) is 24.3 Å². The number of rotatable bonds is 3. The minimum atomic E-state index is -0.935. The van der Waals surface area contributed by atoms with Gasteiger partial charge in [-0.05, 0) is 6.92 Å². The Labute approximate surface area is 121 Å². The van der Waals surface area contributed by atoms with Crippen molar-refractivity contribution in [1.29, 1.82) is 0 Å². The van der Waals surface area contributed by atoms with E-state index in [2.05, 4.69) is 17.9 Å². The van der Waals surface area contributed by atoms with Crippen LogP contribution < -0.4 is 0 Å². The van der Waals surface area contributed by atoms with E-state index in [0.717, 1.165) is 0 Å². The van der Waals surface area contributed by atoms with Crippen LogP contribution in [0.4, 0.5) is 0 Å². The summed E-state index contributed by atoms with van der Waals surface area (Å²) >= 11 is 0. The van der Waals surface area contributed by atoms with E-state index in [9.17, 15) is 9.59 Å². The molecule has 0 unspecified atom stereocenters. The molecule has 0 aromatic carbocycles. The molecule has 0 aliphatic carbocycles. The maximum atomic E-state index is 10.3. The Kier molecular flexibility index (Phi) is 15.7. The van der Waals surface area contributed by atoms with E-state index < -0.39 is 11.9 Å². The van der Waals surface area contributed by atoms with Gasteiger partial charge in [0.05, 0.1) is 19.3 Å². The summed E-state index contributed by atoms with van der Waals surface area (Å²) in [6.45, 7) is 7.48. The zero-order valence-electron chi connectivity index (χ0n) is 10.9. The number of hydrogen-bond acceptors (Lipinski definition) is 4. The Hall–Kier alpha value is -0.360. The van der Waals surface area contributed by atoms with Gasteiger partial charge in [-0.3, -0.25) is 0 Å². The third-order valence-corrected chi connectivity index (χ3v) is 1.03. The van der Waals surface area contributed by atoms with Crippen LogP contribution in [0, 0.1) is 0 Å². The largest absolute Gasteiger partial charge is 2.00 e. The smallest absolute Gasteiger partial charge is 1.00 e. The molecule has 0 saturated carbocycles. The van der Waals surface area contributed by atoms with Gasteiger partial charge in [-0.15, -0.1) is 0 Å². The van der Waals surface area contributed by atoms with Gasteiger partial charge in [0.15, 0.2) is 0 Å². The molecule has 0 aliphatic rings. The number of carbonyl (C=O) groups excluding carboxylic acids is 1. The van der Waals surface area contributed by atoms with Crippen LogP contribution in [0.25, 0.3) is 0 Å². The molecular weight excluding hydrogens is 228 g/mol. The van der Waals surface area contributed by atoms with Crippen LogP contribution in [0.1, 0.15) is 9.78 Å². The third-order valence-electron chi connectivity index (χ3n) is 1.03. The first-order valence-electron chi connectivity index (χ1n) is 3.62. The van der Waals surface area contributed by atoms with E-state index in [0.29, 0.717) is 0 Å². The molecule has 0 aliphatic heterocycles. The fourth-order valence-electron chi connectivity index (χ4n) is 0.209. The Bertz CT molecular complexity index is 230. The second-order valence-electron chi connectivity index (χ2n) is 2.34. The monoisotopic (exact) mass is 244 g/mol. The van der Waals surface area contributed by atoms with Crippen LogP contribution in [0.5, 0.6) is 0 Å². The van der Waals surface area contributed by atoms with E-state index in [1.54, 1.807) is 0 Å². The first-order valence-corrected chi connectivity index (χ1v) is 3.62. The van der Waals surface area contributed by atoms with Gasteiger partial charge in [-0.25, -0.2) is 9.59 Å². The van der Waals surface area contributed by atoms with Crippen molar-refractivity contribution in [2.45, 2.75) is 6.92 Å². The Morgan fingerprint density at radius 3 is 1.80 bits per heavy atom. The van der Waals surface area contributed by atoms with Crippen LogP contribution in [0.2, 0.25) is 0 Å². The Morgan fingerprint density at radius 2 is 1.73 bits per heavy atom. The standard InChI is InChI=1S/C5H8O3.C4H6O2.Ca.2H/c1-4(3-6)5(7)8-2;1-3(2)4(5)6;;;/h6H,1,3H2,2H3;1H2,2H3,(H,5,6);;;/q;;+2;2*-1. The predicted octanol–water partition coefficient (Wildman–Crippen LogP) is 0.199. The van der Waals surface area contributed by atoms with Crippen molar-refractivity contribution in [1.82, 2.24) is 0 Å². The molecule has 0 atom stereocenters. The van der Waals surface area contributed by atoms with Crippen molar-refractivity contribution >= 4 is 49.7 Å². The Morgan fingerprint density at radius 1 is 1.40 bits per heavy atom. The van der Waals surface area contributed by atoms with Gasteiger partial charge in [0, 0.05) is 5.57 Å². The molecule has 2 N–H and O–H groups in total.